The van der Waals surface area contributed by atoms with Crippen LogP contribution in [-0.2, 0) is 22.7 Å². The Kier molecular flexibility index (Phi) is 7.18. The Morgan fingerprint density at radius 3 is 2.73 bits per heavy atom. The number of amides is 2. The first kappa shape index (κ1) is 25.6. The molecular formula is C31H31N5O4. The number of ether oxygens (including phenoxy) is 2. The Labute approximate surface area is 232 Å². The molecule has 2 atom stereocenters. The molecule has 1 aromatic heterocycles. The van der Waals surface area contributed by atoms with Crippen molar-refractivity contribution in [1.29, 1.82) is 0 Å². The minimum atomic E-state index is -0.697. The number of carbonyl (C=O) groups is 2. The van der Waals surface area contributed by atoms with Gasteiger partial charge in [-0.25, -0.2) is 4.68 Å². The highest BCUT2D eigenvalue weighted by Crippen LogP contribution is 2.35. The van der Waals surface area contributed by atoms with Gasteiger partial charge in [-0.2, -0.15) is 0 Å². The van der Waals surface area contributed by atoms with E-state index in [1.165, 1.54) is 0 Å². The molecule has 0 spiro atoms. The van der Waals surface area contributed by atoms with Gasteiger partial charge in [0.2, 0.25) is 18.6 Å². The summed E-state index contributed by atoms with van der Waals surface area (Å²) in [6, 6.07) is 20.1. The zero-order valence-electron chi connectivity index (χ0n) is 22.3. The molecule has 0 saturated heterocycles. The first-order valence-corrected chi connectivity index (χ1v) is 13.5. The number of aryl methyl sites for hydroxylation is 1. The van der Waals surface area contributed by atoms with Gasteiger partial charge in [-0.3, -0.25) is 9.59 Å². The number of nitrogens with one attached hydrogen (secondary N) is 1. The van der Waals surface area contributed by atoms with Crippen LogP contribution in [0.1, 0.15) is 30.4 Å². The zero-order chi connectivity index (χ0) is 27.5. The van der Waals surface area contributed by atoms with Crippen LogP contribution in [0.2, 0.25) is 0 Å². The van der Waals surface area contributed by atoms with E-state index < -0.39 is 6.04 Å². The maximum atomic E-state index is 14.2. The van der Waals surface area contributed by atoms with Crippen LogP contribution in [0.3, 0.4) is 0 Å². The molecule has 0 fully saturated rings. The highest BCUT2D eigenvalue weighted by atomic mass is 16.7. The number of allylic oxidation sites excluding steroid dienone is 2. The molecule has 2 amide bonds. The van der Waals surface area contributed by atoms with Crippen molar-refractivity contribution in [2.24, 2.45) is 5.92 Å². The molecule has 0 saturated carbocycles. The number of benzene rings is 3. The monoisotopic (exact) mass is 537 g/mol. The summed E-state index contributed by atoms with van der Waals surface area (Å²) in [4.78, 5) is 30.0. The number of aromatic nitrogens is 3. The highest BCUT2D eigenvalue weighted by Gasteiger charge is 2.37. The fourth-order valence-electron chi connectivity index (χ4n) is 5.47. The van der Waals surface area contributed by atoms with Crippen molar-refractivity contribution >= 4 is 28.5 Å². The van der Waals surface area contributed by atoms with Crippen molar-refractivity contribution in [1.82, 2.24) is 19.9 Å². The van der Waals surface area contributed by atoms with Gasteiger partial charge >= 0.3 is 0 Å². The second-order valence-electron chi connectivity index (χ2n) is 10.2. The van der Waals surface area contributed by atoms with E-state index in [2.05, 4.69) is 27.8 Å². The number of para-hydroxylation sites is 1. The average Bonchev–Trinajstić information content (AvgIpc) is 3.61. The van der Waals surface area contributed by atoms with Crippen LogP contribution in [-0.4, -0.2) is 44.5 Å². The molecule has 9 heteroatoms. The average molecular weight is 538 g/mol. The van der Waals surface area contributed by atoms with Crippen LogP contribution >= 0.6 is 0 Å². The molecular weight excluding hydrogens is 506 g/mol. The summed E-state index contributed by atoms with van der Waals surface area (Å²) in [5, 5.41) is 11.5. The third-order valence-electron chi connectivity index (χ3n) is 7.63. The lowest BCUT2D eigenvalue weighted by Gasteiger charge is -2.37. The zero-order valence-corrected chi connectivity index (χ0v) is 22.3. The maximum Gasteiger partial charge on any atom is 0.247 e. The van der Waals surface area contributed by atoms with E-state index in [1.807, 2.05) is 55.5 Å². The van der Waals surface area contributed by atoms with Crippen LogP contribution < -0.4 is 14.8 Å². The first-order chi connectivity index (χ1) is 19.6. The van der Waals surface area contributed by atoms with Crippen LogP contribution in [0.25, 0.3) is 11.0 Å². The van der Waals surface area contributed by atoms with Crippen molar-refractivity contribution in [3.63, 3.8) is 0 Å². The first-order valence-electron chi connectivity index (χ1n) is 13.5. The van der Waals surface area contributed by atoms with Gasteiger partial charge in [-0.1, -0.05) is 53.8 Å². The molecule has 6 rings (SSSR count). The topological polar surface area (TPSA) is 98.6 Å². The lowest BCUT2D eigenvalue weighted by molar-refractivity contribution is -0.142. The Bertz CT molecular complexity index is 1580. The number of rotatable bonds is 8. The number of fused-ring (bicyclic) bond motifs is 2. The van der Waals surface area contributed by atoms with E-state index in [9.17, 15) is 9.59 Å². The van der Waals surface area contributed by atoms with Crippen LogP contribution in [0.4, 0.5) is 5.69 Å². The number of anilines is 1. The quantitative estimate of drug-likeness (QED) is 0.322. The van der Waals surface area contributed by atoms with Gasteiger partial charge in [0.25, 0.3) is 0 Å². The fourth-order valence-corrected chi connectivity index (χ4v) is 5.47. The molecule has 1 aliphatic heterocycles. The van der Waals surface area contributed by atoms with E-state index in [1.54, 1.807) is 27.8 Å². The van der Waals surface area contributed by atoms with Crippen molar-refractivity contribution in [2.75, 3.05) is 12.1 Å². The Balaban J connectivity index is 1.35. The van der Waals surface area contributed by atoms with Crippen LogP contribution in [0.5, 0.6) is 11.5 Å². The molecule has 40 heavy (non-hydrogen) atoms. The Morgan fingerprint density at radius 1 is 1.05 bits per heavy atom. The summed E-state index contributed by atoms with van der Waals surface area (Å²) in [6.07, 6.45) is 6.62. The molecule has 0 bridgehead atoms. The summed E-state index contributed by atoms with van der Waals surface area (Å²) in [5.41, 5.74) is 4.14. The normalized spacial score (nSPS) is 16.6. The molecule has 0 unspecified atom stereocenters. The lowest BCUT2D eigenvalue weighted by atomic mass is 9.85. The van der Waals surface area contributed by atoms with Gasteiger partial charge in [0, 0.05) is 18.3 Å². The number of hydrogen-bond donors (Lipinski definition) is 1. The SMILES string of the molecule is Cc1ccccc1CN(C(=O)Cn1nnc2ccccc21)[C@H](C(=O)Nc1ccc2c(c1)OCO2)[C@H]1CC=CCC1. The molecule has 204 valence electrons. The van der Waals surface area contributed by atoms with E-state index >= 15 is 0 Å². The number of carbonyl (C=O) groups excluding carboxylic acids is 2. The molecule has 9 nitrogen and oxygen atoms in total. The predicted molar refractivity (Wildman–Crippen MR) is 151 cm³/mol. The number of nitrogens with zero attached hydrogens (tertiary/aromatic N) is 4. The minimum Gasteiger partial charge on any atom is -0.454 e. The van der Waals surface area contributed by atoms with Crippen LogP contribution in [0.15, 0.2) is 78.9 Å². The third-order valence-corrected chi connectivity index (χ3v) is 7.63. The van der Waals surface area contributed by atoms with E-state index in [0.717, 1.165) is 35.0 Å². The van der Waals surface area contributed by atoms with Crippen molar-refractivity contribution in [3.05, 3.63) is 90.0 Å². The standard InChI is InChI=1S/C31H31N5O4/c1-21-9-5-6-12-23(21)18-35(29(37)19-36-26-14-8-7-13-25(26)33-34-36)30(22-10-3-2-4-11-22)31(38)32-24-15-16-27-28(17-24)40-20-39-27/h2-3,5-9,12-17,22,30H,4,10-11,18-20H2,1H3,(H,32,38)/t22-,30-/m0/s1. The summed E-state index contributed by atoms with van der Waals surface area (Å²) in [6.45, 7) is 2.45. The van der Waals surface area contributed by atoms with Crippen molar-refractivity contribution in [3.8, 4) is 11.5 Å². The molecule has 4 aromatic rings. The van der Waals surface area contributed by atoms with Gasteiger partial charge in [-0.15, -0.1) is 5.10 Å². The Morgan fingerprint density at radius 2 is 1.88 bits per heavy atom. The van der Waals surface area contributed by atoms with Crippen molar-refractivity contribution in [2.45, 2.75) is 45.3 Å². The lowest BCUT2D eigenvalue weighted by Crippen LogP contribution is -2.52. The Hall–Kier alpha value is -4.66. The van der Waals surface area contributed by atoms with Crippen LogP contribution in [0, 0.1) is 12.8 Å². The molecule has 2 heterocycles. The summed E-state index contributed by atoms with van der Waals surface area (Å²) in [5.74, 6) is 0.757. The molecule has 1 N–H and O–H groups in total. The smallest absolute Gasteiger partial charge is 0.247 e. The molecule has 0 radical (unpaired) electrons. The minimum absolute atomic E-state index is 0.0250. The summed E-state index contributed by atoms with van der Waals surface area (Å²) < 4.78 is 12.5. The second kappa shape index (κ2) is 11.2. The van der Waals surface area contributed by atoms with Gasteiger partial charge < -0.3 is 19.7 Å². The summed E-state index contributed by atoms with van der Waals surface area (Å²) >= 11 is 0. The second-order valence-corrected chi connectivity index (χ2v) is 10.2. The fraction of sp³-hybridized carbons (Fsp3) is 0.290. The largest absolute Gasteiger partial charge is 0.454 e. The van der Waals surface area contributed by atoms with Gasteiger partial charge in [0.05, 0.1) is 5.52 Å². The van der Waals surface area contributed by atoms with Gasteiger partial charge in [0.1, 0.15) is 18.1 Å². The van der Waals surface area contributed by atoms with Gasteiger partial charge in [-0.05, 0) is 67.5 Å². The number of hydrogen-bond acceptors (Lipinski definition) is 6. The highest BCUT2D eigenvalue weighted by molar-refractivity contribution is 5.98. The van der Waals surface area contributed by atoms with Crippen molar-refractivity contribution < 1.29 is 19.1 Å². The maximum absolute atomic E-state index is 14.2. The molecule has 2 aliphatic rings. The van der Waals surface area contributed by atoms with E-state index in [0.29, 0.717) is 30.2 Å². The summed E-state index contributed by atoms with van der Waals surface area (Å²) in [7, 11) is 0. The van der Waals surface area contributed by atoms with Gasteiger partial charge in [0.15, 0.2) is 11.5 Å². The predicted octanol–water partition coefficient (Wildman–Crippen LogP) is 4.86. The third kappa shape index (κ3) is 5.27. The molecule has 1 aliphatic carbocycles. The van der Waals surface area contributed by atoms with E-state index in [-0.39, 0.29) is 31.1 Å². The molecule has 3 aromatic carbocycles. The van der Waals surface area contributed by atoms with E-state index in [4.69, 9.17) is 9.47 Å².